The topological polar surface area (TPSA) is 43.4 Å². The van der Waals surface area contributed by atoms with Crippen LogP contribution in [0.3, 0.4) is 0 Å². The molecule has 19 heavy (non-hydrogen) atoms. The molecule has 1 aromatic carbocycles. The van der Waals surface area contributed by atoms with Crippen LogP contribution in [0.5, 0.6) is 5.75 Å². The molecule has 0 heterocycles. The molecule has 0 amide bonds. The molecule has 0 saturated heterocycles. The molecular weight excluding hydrogens is 260 g/mol. The van der Waals surface area contributed by atoms with Gasteiger partial charge in [0.05, 0.1) is 6.26 Å². The van der Waals surface area contributed by atoms with E-state index in [2.05, 4.69) is 20.8 Å². The molecule has 3 nitrogen and oxygen atoms in total. The number of benzene rings is 1. The number of hydrogen-bond donors (Lipinski definition) is 0. The fourth-order valence-electron chi connectivity index (χ4n) is 1.82. The zero-order chi connectivity index (χ0) is 15.1. The van der Waals surface area contributed by atoms with Gasteiger partial charge in [-0.2, -0.15) is 8.42 Å². The maximum absolute atomic E-state index is 11.3. The molecular formula is C15H24O3S. The predicted molar refractivity (Wildman–Crippen MR) is 79.3 cm³/mol. The number of rotatable bonds is 2. The molecule has 0 aliphatic heterocycles. The van der Waals surface area contributed by atoms with Gasteiger partial charge in [-0.05, 0) is 22.5 Å². The molecule has 1 aromatic rings. The van der Waals surface area contributed by atoms with Crippen LogP contribution in [0, 0.1) is 0 Å². The second-order valence-electron chi connectivity index (χ2n) is 7.00. The lowest BCUT2D eigenvalue weighted by atomic mass is 9.80. The van der Waals surface area contributed by atoms with E-state index >= 15 is 0 Å². The van der Waals surface area contributed by atoms with Crippen molar-refractivity contribution in [2.75, 3.05) is 6.26 Å². The Kier molecular flexibility index (Phi) is 4.06. The number of hydrogen-bond acceptors (Lipinski definition) is 3. The Hall–Kier alpha value is -1.03. The first-order valence-electron chi connectivity index (χ1n) is 6.35. The Labute approximate surface area is 117 Å². The van der Waals surface area contributed by atoms with Crippen LogP contribution in [-0.4, -0.2) is 14.7 Å². The summed E-state index contributed by atoms with van der Waals surface area (Å²) >= 11 is 0. The van der Waals surface area contributed by atoms with E-state index in [0.717, 1.165) is 11.8 Å². The minimum Gasteiger partial charge on any atom is -0.382 e. The summed E-state index contributed by atoms with van der Waals surface area (Å²) in [6.07, 6.45) is 1.07. The van der Waals surface area contributed by atoms with E-state index in [-0.39, 0.29) is 10.8 Å². The van der Waals surface area contributed by atoms with E-state index in [0.29, 0.717) is 5.75 Å². The van der Waals surface area contributed by atoms with Crippen LogP contribution in [-0.2, 0) is 20.9 Å². The van der Waals surface area contributed by atoms with Gasteiger partial charge in [0.1, 0.15) is 5.75 Å². The van der Waals surface area contributed by atoms with Gasteiger partial charge in [0, 0.05) is 5.56 Å². The lowest BCUT2D eigenvalue weighted by Crippen LogP contribution is -2.19. The molecule has 0 aliphatic rings. The highest BCUT2D eigenvalue weighted by atomic mass is 32.2. The van der Waals surface area contributed by atoms with E-state index in [4.69, 9.17) is 4.18 Å². The molecule has 0 radical (unpaired) electrons. The zero-order valence-corrected chi connectivity index (χ0v) is 13.7. The van der Waals surface area contributed by atoms with Crippen LogP contribution in [0.4, 0.5) is 0 Å². The summed E-state index contributed by atoms with van der Waals surface area (Å²) in [4.78, 5) is 0. The molecule has 4 heteroatoms. The van der Waals surface area contributed by atoms with Crippen LogP contribution >= 0.6 is 0 Å². The van der Waals surface area contributed by atoms with E-state index in [1.807, 2.05) is 32.9 Å². The molecule has 0 N–H and O–H groups in total. The van der Waals surface area contributed by atoms with Crippen molar-refractivity contribution in [2.45, 2.75) is 52.4 Å². The van der Waals surface area contributed by atoms with E-state index in [9.17, 15) is 8.42 Å². The van der Waals surface area contributed by atoms with Crippen molar-refractivity contribution < 1.29 is 12.6 Å². The average Bonchev–Trinajstić information content (AvgIpc) is 2.11. The molecule has 0 atom stereocenters. The fraction of sp³-hybridized carbons (Fsp3) is 0.600. The Morgan fingerprint density at radius 1 is 0.947 bits per heavy atom. The van der Waals surface area contributed by atoms with Gasteiger partial charge in [-0.15, -0.1) is 0 Å². The van der Waals surface area contributed by atoms with Crippen LogP contribution in [0.1, 0.15) is 52.7 Å². The summed E-state index contributed by atoms with van der Waals surface area (Å²) in [6.45, 7) is 12.5. The molecule has 0 spiro atoms. The Morgan fingerprint density at radius 2 is 1.47 bits per heavy atom. The molecule has 0 bridgehead atoms. The van der Waals surface area contributed by atoms with Gasteiger partial charge in [0.25, 0.3) is 0 Å². The molecule has 108 valence electrons. The van der Waals surface area contributed by atoms with Crippen LogP contribution in [0.15, 0.2) is 18.2 Å². The van der Waals surface area contributed by atoms with Gasteiger partial charge in [-0.3, -0.25) is 0 Å². The molecule has 0 aliphatic carbocycles. The highest BCUT2D eigenvalue weighted by Gasteiger charge is 2.24. The van der Waals surface area contributed by atoms with Crippen molar-refractivity contribution in [2.24, 2.45) is 0 Å². The highest BCUT2D eigenvalue weighted by molar-refractivity contribution is 7.86. The summed E-state index contributed by atoms with van der Waals surface area (Å²) in [5.74, 6) is 0.419. The smallest absolute Gasteiger partial charge is 0.306 e. The zero-order valence-electron chi connectivity index (χ0n) is 12.9. The standard InChI is InChI=1S/C15H24O3S/c1-14(2,3)11-8-9-13(18-19(7,16)17)12(10-11)15(4,5)6/h8-10H,1-7H3. The quantitative estimate of drug-likeness (QED) is 0.779. The third kappa shape index (κ3) is 4.53. The minimum atomic E-state index is -3.51. The van der Waals surface area contributed by atoms with E-state index in [1.165, 1.54) is 5.56 Å². The Balaban J connectivity index is 3.42. The first-order valence-corrected chi connectivity index (χ1v) is 8.17. The molecule has 0 unspecified atom stereocenters. The normalized spacial score (nSPS) is 13.4. The van der Waals surface area contributed by atoms with Crippen molar-refractivity contribution in [3.63, 3.8) is 0 Å². The average molecular weight is 284 g/mol. The summed E-state index contributed by atoms with van der Waals surface area (Å²) < 4.78 is 27.8. The summed E-state index contributed by atoms with van der Waals surface area (Å²) in [5.41, 5.74) is 1.91. The van der Waals surface area contributed by atoms with Gasteiger partial charge in [-0.25, -0.2) is 0 Å². The summed E-state index contributed by atoms with van der Waals surface area (Å²) in [6, 6.07) is 5.72. The van der Waals surface area contributed by atoms with Crippen LogP contribution in [0.2, 0.25) is 0 Å². The SMILES string of the molecule is CC(C)(C)c1ccc(OS(C)(=O)=O)c(C(C)(C)C)c1. The maximum atomic E-state index is 11.3. The van der Waals surface area contributed by atoms with Crippen molar-refractivity contribution in [3.05, 3.63) is 29.3 Å². The summed E-state index contributed by atoms with van der Waals surface area (Å²) in [7, 11) is -3.51. The van der Waals surface area contributed by atoms with Gasteiger partial charge in [0.15, 0.2) is 0 Å². The van der Waals surface area contributed by atoms with Crippen LogP contribution in [0.25, 0.3) is 0 Å². The molecule has 1 rings (SSSR count). The first-order chi connectivity index (χ1) is 8.31. The third-order valence-electron chi connectivity index (χ3n) is 2.89. The van der Waals surface area contributed by atoms with Crippen molar-refractivity contribution in [3.8, 4) is 5.75 Å². The molecule has 0 saturated carbocycles. The largest absolute Gasteiger partial charge is 0.382 e. The van der Waals surface area contributed by atoms with Gasteiger partial charge in [0.2, 0.25) is 0 Å². The minimum absolute atomic E-state index is 0.0175. The Morgan fingerprint density at radius 3 is 1.84 bits per heavy atom. The summed E-state index contributed by atoms with van der Waals surface area (Å²) in [5, 5.41) is 0. The van der Waals surface area contributed by atoms with Crippen molar-refractivity contribution in [1.82, 2.24) is 0 Å². The van der Waals surface area contributed by atoms with E-state index < -0.39 is 10.1 Å². The molecule has 0 aromatic heterocycles. The van der Waals surface area contributed by atoms with Crippen molar-refractivity contribution >= 4 is 10.1 Å². The second-order valence-corrected chi connectivity index (χ2v) is 8.57. The Bertz CT molecular complexity index is 558. The lowest BCUT2D eigenvalue weighted by Gasteiger charge is -2.26. The first kappa shape index (κ1) is 16.0. The molecule has 0 fully saturated rings. The highest BCUT2D eigenvalue weighted by Crippen LogP contribution is 2.35. The maximum Gasteiger partial charge on any atom is 0.306 e. The van der Waals surface area contributed by atoms with Gasteiger partial charge < -0.3 is 4.18 Å². The monoisotopic (exact) mass is 284 g/mol. The van der Waals surface area contributed by atoms with Crippen LogP contribution < -0.4 is 4.18 Å². The third-order valence-corrected chi connectivity index (χ3v) is 3.38. The fourth-order valence-corrected chi connectivity index (χ4v) is 2.29. The van der Waals surface area contributed by atoms with Gasteiger partial charge in [-0.1, -0.05) is 53.7 Å². The van der Waals surface area contributed by atoms with Crippen molar-refractivity contribution in [1.29, 1.82) is 0 Å². The second kappa shape index (κ2) is 4.82. The van der Waals surface area contributed by atoms with E-state index in [1.54, 1.807) is 6.07 Å². The van der Waals surface area contributed by atoms with Gasteiger partial charge >= 0.3 is 10.1 Å². The lowest BCUT2D eigenvalue weighted by molar-refractivity contribution is 0.474. The predicted octanol–water partition coefficient (Wildman–Crippen LogP) is 3.62.